The SMILES string of the molecule is CC(C)C(NC(=O)NC1=C(F)C=C(F)C=CC1)C(=O)NC1CCCc2ccccc21. The maximum atomic E-state index is 14.0. The lowest BCUT2D eigenvalue weighted by molar-refractivity contribution is -0.124. The summed E-state index contributed by atoms with van der Waals surface area (Å²) in [6.07, 6.45) is 6.11. The van der Waals surface area contributed by atoms with E-state index in [1.165, 1.54) is 11.6 Å². The van der Waals surface area contributed by atoms with Gasteiger partial charge in [0.1, 0.15) is 17.7 Å². The average Bonchev–Trinajstić information content (AvgIpc) is 2.86. The monoisotopic (exact) mass is 415 g/mol. The number of benzene rings is 1. The first-order valence-electron chi connectivity index (χ1n) is 10.2. The van der Waals surface area contributed by atoms with E-state index in [0.29, 0.717) is 6.08 Å². The van der Waals surface area contributed by atoms with Gasteiger partial charge in [0.15, 0.2) is 0 Å². The molecule has 0 radical (unpaired) electrons. The van der Waals surface area contributed by atoms with Gasteiger partial charge in [0.25, 0.3) is 0 Å². The second-order valence-corrected chi connectivity index (χ2v) is 7.93. The number of hydrogen-bond donors (Lipinski definition) is 3. The minimum absolute atomic E-state index is 0.0422. The molecule has 30 heavy (non-hydrogen) atoms. The Morgan fingerprint density at radius 2 is 1.93 bits per heavy atom. The first-order valence-corrected chi connectivity index (χ1v) is 10.2. The van der Waals surface area contributed by atoms with Gasteiger partial charge in [-0.1, -0.05) is 44.2 Å². The molecule has 0 aromatic heterocycles. The van der Waals surface area contributed by atoms with Gasteiger partial charge in [-0.2, -0.15) is 0 Å². The number of urea groups is 1. The van der Waals surface area contributed by atoms with Crippen LogP contribution in [0.3, 0.4) is 0 Å². The zero-order chi connectivity index (χ0) is 21.7. The highest BCUT2D eigenvalue weighted by molar-refractivity contribution is 5.88. The van der Waals surface area contributed by atoms with Crippen molar-refractivity contribution in [3.05, 3.63) is 71.0 Å². The standard InChI is InChI=1S/C23H27F2N3O2/c1-14(2)21(28-23(30)27-20-12-6-9-16(24)13-18(20)25)22(29)26-19-11-5-8-15-7-3-4-10-17(15)19/h3-4,6-7,9-10,13-14,19,21H,5,8,11-12H2,1-2H3,(H,26,29)(H2,27,28,30). The molecular weight excluding hydrogens is 388 g/mol. The molecular formula is C23H27F2N3O2. The van der Waals surface area contributed by atoms with Crippen LogP contribution in [0, 0.1) is 5.92 Å². The van der Waals surface area contributed by atoms with E-state index in [9.17, 15) is 18.4 Å². The number of amides is 3. The van der Waals surface area contributed by atoms with Crippen molar-refractivity contribution in [1.29, 1.82) is 0 Å². The van der Waals surface area contributed by atoms with Crippen molar-refractivity contribution in [2.24, 2.45) is 5.92 Å². The molecule has 2 aliphatic carbocycles. The average molecular weight is 415 g/mol. The molecule has 1 aromatic rings. The van der Waals surface area contributed by atoms with E-state index < -0.39 is 23.7 Å². The van der Waals surface area contributed by atoms with E-state index in [2.05, 4.69) is 22.0 Å². The Labute approximate surface area is 175 Å². The molecule has 0 aliphatic heterocycles. The van der Waals surface area contributed by atoms with E-state index >= 15 is 0 Å². The van der Waals surface area contributed by atoms with Crippen LogP contribution in [0.4, 0.5) is 13.6 Å². The number of hydrogen-bond acceptors (Lipinski definition) is 2. The summed E-state index contributed by atoms with van der Waals surface area (Å²) in [6.45, 7) is 3.65. The van der Waals surface area contributed by atoms with Gasteiger partial charge in [-0.3, -0.25) is 4.79 Å². The zero-order valence-corrected chi connectivity index (χ0v) is 17.2. The first-order chi connectivity index (χ1) is 14.3. The van der Waals surface area contributed by atoms with Crippen LogP contribution in [-0.2, 0) is 11.2 Å². The van der Waals surface area contributed by atoms with Crippen LogP contribution in [0.5, 0.6) is 0 Å². The summed E-state index contributed by atoms with van der Waals surface area (Å²) in [5.41, 5.74) is 2.28. The third kappa shape index (κ3) is 5.34. The van der Waals surface area contributed by atoms with E-state index in [1.807, 2.05) is 32.0 Å². The maximum Gasteiger partial charge on any atom is 0.319 e. The largest absolute Gasteiger partial charge is 0.347 e. The first kappa shape index (κ1) is 21.7. The van der Waals surface area contributed by atoms with Crippen LogP contribution in [0.2, 0.25) is 0 Å². The smallest absolute Gasteiger partial charge is 0.319 e. The zero-order valence-electron chi connectivity index (χ0n) is 17.2. The highest BCUT2D eigenvalue weighted by atomic mass is 19.1. The Bertz CT molecular complexity index is 905. The lowest BCUT2D eigenvalue weighted by Crippen LogP contribution is -2.53. The Balaban J connectivity index is 1.66. The van der Waals surface area contributed by atoms with Crippen LogP contribution in [-0.4, -0.2) is 18.0 Å². The van der Waals surface area contributed by atoms with E-state index in [0.717, 1.165) is 30.9 Å². The van der Waals surface area contributed by atoms with Gasteiger partial charge in [-0.15, -0.1) is 0 Å². The third-order valence-corrected chi connectivity index (χ3v) is 5.34. The fourth-order valence-corrected chi connectivity index (χ4v) is 3.77. The number of aryl methyl sites for hydroxylation is 1. The van der Waals surface area contributed by atoms with Crippen molar-refractivity contribution in [3.8, 4) is 0 Å². The van der Waals surface area contributed by atoms with Gasteiger partial charge in [0.2, 0.25) is 5.91 Å². The van der Waals surface area contributed by atoms with Crippen molar-refractivity contribution in [1.82, 2.24) is 16.0 Å². The van der Waals surface area contributed by atoms with Crippen molar-refractivity contribution in [3.63, 3.8) is 0 Å². The molecule has 0 saturated carbocycles. The normalized spacial score (nSPS) is 19.5. The van der Waals surface area contributed by atoms with Gasteiger partial charge < -0.3 is 16.0 Å². The lowest BCUT2D eigenvalue weighted by Gasteiger charge is -2.29. The number of carbonyl (C=O) groups excluding carboxylic acids is 2. The molecule has 0 spiro atoms. The second kappa shape index (κ2) is 9.69. The molecule has 3 rings (SSSR count). The van der Waals surface area contributed by atoms with Crippen LogP contribution in [0.1, 0.15) is 50.3 Å². The molecule has 0 heterocycles. The van der Waals surface area contributed by atoms with E-state index in [4.69, 9.17) is 0 Å². The summed E-state index contributed by atoms with van der Waals surface area (Å²) in [6, 6.07) is 6.43. The summed E-state index contributed by atoms with van der Waals surface area (Å²) in [4.78, 5) is 25.4. The minimum atomic E-state index is -0.850. The van der Waals surface area contributed by atoms with E-state index in [-0.39, 0.29) is 30.0 Å². The predicted molar refractivity (Wildman–Crippen MR) is 112 cm³/mol. The number of nitrogens with one attached hydrogen (secondary N) is 3. The number of halogens is 2. The highest BCUT2D eigenvalue weighted by Crippen LogP contribution is 2.29. The van der Waals surface area contributed by atoms with Crippen molar-refractivity contribution in [2.45, 2.75) is 51.6 Å². The van der Waals surface area contributed by atoms with Crippen LogP contribution in [0.25, 0.3) is 0 Å². The molecule has 2 aliphatic rings. The number of carbonyl (C=O) groups is 2. The summed E-state index contributed by atoms with van der Waals surface area (Å²) in [5.74, 6) is -2.04. The Hall–Kier alpha value is -2.96. The molecule has 2 unspecified atom stereocenters. The summed E-state index contributed by atoms with van der Waals surface area (Å²) in [5, 5.41) is 8.08. The third-order valence-electron chi connectivity index (χ3n) is 5.34. The molecule has 5 nitrogen and oxygen atoms in total. The molecule has 3 amide bonds. The fraction of sp³-hybridized carbons (Fsp3) is 0.391. The molecule has 1 aromatic carbocycles. The highest BCUT2D eigenvalue weighted by Gasteiger charge is 2.29. The number of allylic oxidation sites excluding steroid dienone is 5. The van der Waals surface area contributed by atoms with Gasteiger partial charge in [-0.05, 0) is 42.4 Å². The van der Waals surface area contributed by atoms with Gasteiger partial charge >= 0.3 is 6.03 Å². The molecule has 160 valence electrons. The van der Waals surface area contributed by atoms with Crippen LogP contribution < -0.4 is 16.0 Å². The maximum absolute atomic E-state index is 14.0. The van der Waals surface area contributed by atoms with Gasteiger partial charge in [-0.25, -0.2) is 13.6 Å². The Morgan fingerprint density at radius 3 is 2.70 bits per heavy atom. The van der Waals surface area contributed by atoms with Crippen LogP contribution >= 0.6 is 0 Å². The molecule has 0 fully saturated rings. The molecule has 7 heteroatoms. The Morgan fingerprint density at radius 1 is 1.17 bits per heavy atom. The second-order valence-electron chi connectivity index (χ2n) is 7.93. The summed E-state index contributed by atoms with van der Waals surface area (Å²) >= 11 is 0. The predicted octanol–water partition coefficient (Wildman–Crippen LogP) is 4.50. The molecule has 0 saturated heterocycles. The fourth-order valence-electron chi connectivity index (χ4n) is 3.77. The number of fused-ring (bicyclic) bond motifs is 1. The molecule has 3 N–H and O–H groups in total. The minimum Gasteiger partial charge on any atom is -0.347 e. The molecule has 0 bridgehead atoms. The topological polar surface area (TPSA) is 70.2 Å². The summed E-state index contributed by atoms with van der Waals surface area (Å²) in [7, 11) is 0. The van der Waals surface area contributed by atoms with Gasteiger partial charge in [0.05, 0.1) is 11.7 Å². The van der Waals surface area contributed by atoms with Crippen LogP contribution in [0.15, 0.2) is 59.8 Å². The summed E-state index contributed by atoms with van der Waals surface area (Å²) < 4.78 is 27.3. The van der Waals surface area contributed by atoms with Crippen molar-refractivity contribution in [2.75, 3.05) is 0 Å². The quantitative estimate of drug-likeness (QED) is 0.663. The van der Waals surface area contributed by atoms with Crippen molar-refractivity contribution < 1.29 is 18.4 Å². The van der Waals surface area contributed by atoms with Gasteiger partial charge in [0, 0.05) is 12.5 Å². The Kier molecular flexibility index (Phi) is 7.03. The lowest BCUT2D eigenvalue weighted by atomic mass is 9.87. The van der Waals surface area contributed by atoms with Crippen molar-refractivity contribution >= 4 is 11.9 Å². The van der Waals surface area contributed by atoms with E-state index in [1.54, 1.807) is 0 Å². The molecule has 2 atom stereocenters. The number of rotatable bonds is 5.